The van der Waals surface area contributed by atoms with Crippen molar-refractivity contribution in [1.29, 1.82) is 0 Å². The summed E-state index contributed by atoms with van der Waals surface area (Å²) in [6, 6.07) is 8.70. The first-order chi connectivity index (χ1) is 23.0. The van der Waals surface area contributed by atoms with Crippen LogP contribution in [0.1, 0.15) is 24.8 Å². The van der Waals surface area contributed by atoms with Gasteiger partial charge >= 0.3 is 0 Å². The van der Waals surface area contributed by atoms with Crippen molar-refractivity contribution in [2.45, 2.75) is 19.3 Å². The molecule has 11 heteroatoms. The third kappa shape index (κ3) is 6.04. The number of pyridine rings is 2. The number of H-pyrrole nitrogens is 2. The monoisotopic (exact) mass is 632 g/mol. The normalized spacial score (nSPS) is 17.3. The molecule has 8 rings (SSSR count). The van der Waals surface area contributed by atoms with Crippen molar-refractivity contribution in [3.05, 3.63) is 76.9 Å². The number of likely N-dealkylation sites (tertiary alicyclic amines) is 1. The number of likely N-dealkylation sites (N-methyl/N-ethyl adjacent to an activating group) is 1. The highest BCUT2D eigenvalue weighted by Gasteiger charge is 2.37. The van der Waals surface area contributed by atoms with Gasteiger partial charge in [0.25, 0.3) is 0 Å². The van der Waals surface area contributed by atoms with E-state index in [1.807, 2.05) is 32.4 Å². The molecule has 0 unspecified atom stereocenters. The highest BCUT2D eigenvalue weighted by Crippen LogP contribution is 2.49. The van der Waals surface area contributed by atoms with E-state index in [1.165, 1.54) is 36.1 Å². The van der Waals surface area contributed by atoms with Crippen LogP contribution in [0.15, 0.2) is 55.0 Å². The van der Waals surface area contributed by atoms with E-state index in [1.54, 1.807) is 12.4 Å². The summed E-state index contributed by atoms with van der Waals surface area (Å²) in [5, 5.41) is 9.94. The molecule has 2 aliphatic carbocycles. The Morgan fingerprint density at radius 1 is 0.979 bits per heavy atom. The number of fused-ring (bicyclic) bond motifs is 3. The Kier molecular flexibility index (Phi) is 7.78. The second kappa shape index (κ2) is 12.4. The summed E-state index contributed by atoms with van der Waals surface area (Å²) in [6.07, 6.45) is 13.0. The molecule has 0 spiro atoms. The first kappa shape index (κ1) is 29.5. The van der Waals surface area contributed by atoms with Crippen molar-refractivity contribution in [1.82, 2.24) is 39.9 Å². The number of aromatic amines is 2. The lowest BCUT2D eigenvalue weighted by Crippen LogP contribution is -2.25. The van der Waals surface area contributed by atoms with Crippen LogP contribution in [0.2, 0.25) is 0 Å². The van der Waals surface area contributed by atoms with Crippen LogP contribution in [0.4, 0.5) is 4.39 Å². The first-order valence-corrected chi connectivity index (χ1v) is 16.2. The van der Waals surface area contributed by atoms with Crippen LogP contribution in [0.5, 0.6) is 11.5 Å². The Morgan fingerprint density at radius 3 is 2.70 bits per heavy atom. The van der Waals surface area contributed by atoms with E-state index in [9.17, 15) is 4.39 Å². The van der Waals surface area contributed by atoms with Crippen molar-refractivity contribution >= 4 is 28.3 Å². The zero-order valence-electron chi connectivity index (χ0n) is 26.6. The van der Waals surface area contributed by atoms with Crippen LogP contribution in [0.25, 0.3) is 51.0 Å². The Hall–Kier alpha value is -4.87. The summed E-state index contributed by atoms with van der Waals surface area (Å²) < 4.78 is 26.8. The van der Waals surface area contributed by atoms with E-state index < -0.39 is 0 Å². The van der Waals surface area contributed by atoms with Gasteiger partial charge in [-0.2, -0.15) is 5.10 Å². The number of benzene rings is 1. The van der Waals surface area contributed by atoms with Crippen LogP contribution in [-0.4, -0.2) is 93.4 Å². The summed E-state index contributed by atoms with van der Waals surface area (Å²) in [5.74, 6) is 1.78. The van der Waals surface area contributed by atoms with Crippen molar-refractivity contribution < 1.29 is 13.9 Å². The molecule has 1 saturated heterocycles. The second-order valence-electron chi connectivity index (χ2n) is 12.7. The molecule has 5 heterocycles. The van der Waals surface area contributed by atoms with E-state index in [2.05, 4.69) is 48.1 Å². The van der Waals surface area contributed by atoms with E-state index in [4.69, 9.17) is 19.6 Å². The summed E-state index contributed by atoms with van der Waals surface area (Å²) >= 11 is 0. The maximum Gasteiger partial charge on any atom is 0.159 e. The third-order valence-electron chi connectivity index (χ3n) is 9.10. The Bertz CT molecular complexity index is 2110. The predicted octanol–water partition coefficient (Wildman–Crippen LogP) is 4.01. The zero-order chi connectivity index (χ0) is 31.9. The fraction of sp³-hybridized carbons (Fsp3) is 0.333. The van der Waals surface area contributed by atoms with Crippen molar-refractivity contribution in [3.8, 4) is 34.3 Å². The van der Waals surface area contributed by atoms with Crippen LogP contribution in [-0.2, 0) is 0 Å². The number of allylic oxidation sites excluding steroid dienone is 2. The predicted molar refractivity (Wildman–Crippen MR) is 180 cm³/mol. The molecular weight excluding hydrogens is 595 g/mol. The number of halogens is 1. The molecule has 0 radical (unpaired) electrons. The first-order valence-electron chi connectivity index (χ1n) is 16.2. The smallest absolute Gasteiger partial charge is 0.159 e. The third-order valence-corrected chi connectivity index (χ3v) is 9.10. The average molecular weight is 633 g/mol. The molecule has 240 valence electrons. The minimum atomic E-state index is -0.373. The Morgan fingerprint density at radius 2 is 1.83 bits per heavy atom. The summed E-state index contributed by atoms with van der Waals surface area (Å²) in [5.41, 5.74) is 6.98. The number of hydrogen-bond acceptors (Lipinski definition) is 8. The number of aromatic nitrogens is 6. The van der Waals surface area contributed by atoms with Gasteiger partial charge in [-0.15, -0.1) is 0 Å². The van der Waals surface area contributed by atoms with Crippen LogP contribution < -0.4 is 20.0 Å². The average Bonchev–Trinajstić information content (AvgIpc) is 3.36. The zero-order valence-corrected chi connectivity index (χ0v) is 26.6. The van der Waals surface area contributed by atoms with Gasteiger partial charge in [0.15, 0.2) is 5.82 Å². The number of rotatable bonds is 11. The van der Waals surface area contributed by atoms with Crippen LogP contribution in [0, 0.1) is 11.7 Å². The molecule has 1 aliphatic heterocycles. The number of imidazole rings is 1. The molecule has 1 saturated carbocycles. The number of nitrogens with one attached hydrogen (secondary N) is 2. The van der Waals surface area contributed by atoms with Gasteiger partial charge in [0, 0.05) is 53.8 Å². The molecular formula is C36H37FN8O2. The minimum Gasteiger partial charge on any atom is -0.492 e. The van der Waals surface area contributed by atoms with E-state index >= 15 is 0 Å². The lowest BCUT2D eigenvalue weighted by atomic mass is 10.0. The lowest BCUT2D eigenvalue weighted by Gasteiger charge is -2.15. The fourth-order valence-corrected chi connectivity index (χ4v) is 6.64. The lowest BCUT2D eigenvalue weighted by molar-refractivity contribution is 0.237. The quantitative estimate of drug-likeness (QED) is 0.225. The molecule has 10 nitrogen and oxygen atoms in total. The van der Waals surface area contributed by atoms with Crippen LogP contribution >= 0.6 is 0 Å². The highest BCUT2D eigenvalue weighted by molar-refractivity contribution is 5.93. The summed E-state index contributed by atoms with van der Waals surface area (Å²) in [6.45, 7) is 4.97. The molecule has 0 bridgehead atoms. The van der Waals surface area contributed by atoms with Gasteiger partial charge in [0.1, 0.15) is 41.7 Å². The minimum absolute atomic E-state index is 0.264. The van der Waals surface area contributed by atoms with Gasteiger partial charge in [-0.1, -0.05) is 6.08 Å². The molecule has 5 aromatic rings. The van der Waals surface area contributed by atoms with Crippen LogP contribution in [0.3, 0.4) is 0 Å². The molecule has 3 aliphatic rings. The molecule has 1 aromatic carbocycles. The standard InChI is InChI=1S/C36H37FN8O2/c1-44(2)11-13-47-26-17-23(20-38-21-26)27-5-6-30-32(29-19-28(27)29)35(43-42-30)36-40-31-7-8-39-33(34(31)41-36)22-15-24(37)18-25(16-22)46-14-12-45-9-3-4-10-45/h5-8,15-18,20-21,28,42H,3-4,9-14,19H2,1-2H3,(H,40,41)/t28-/m1/s1. The van der Waals surface area contributed by atoms with Gasteiger partial charge < -0.3 is 19.4 Å². The molecule has 2 N–H and O–H groups in total. The van der Waals surface area contributed by atoms with Crippen molar-refractivity contribution in [3.63, 3.8) is 0 Å². The van der Waals surface area contributed by atoms with Gasteiger partial charge in [-0.3, -0.25) is 20.0 Å². The molecule has 0 amide bonds. The van der Waals surface area contributed by atoms with Gasteiger partial charge in [-0.05, 0) is 87.9 Å². The number of hydrogen-bond donors (Lipinski definition) is 2. The maximum absolute atomic E-state index is 14.8. The van der Waals surface area contributed by atoms with Gasteiger partial charge in [-0.25, -0.2) is 9.37 Å². The topological polar surface area (TPSA) is 108 Å². The highest BCUT2D eigenvalue weighted by atomic mass is 19.1. The molecule has 47 heavy (non-hydrogen) atoms. The van der Waals surface area contributed by atoms with E-state index in [-0.39, 0.29) is 11.7 Å². The molecule has 2 fully saturated rings. The summed E-state index contributed by atoms with van der Waals surface area (Å²) in [7, 11) is 4.06. The fourth-order valence-electron chi connectivity index (χ4n) is 6.64. The summed E-state index contributed by atoms with van der Waals surface area (Å²) in [4.78, 5) is 22.0. The molecule has 1 atom stereocenters. The SMILES string of the molecule is CN(C)CCOc1cncc(C2=CC=c3[nH]nc(-c4nc5c(-c6cc(F)cc(OCCN7CCCC7)c6)nccc5[nH]4)c3=C3C[C@H]23)c1. The van der Waals surface area contributed by atoms with Crippen molar-refractivity contribution in [2.24, 2.45) is 5.92 Å². The van der Waals surface area contributed by atoms with Crippen molar-refractivity contribution in [2.75, 3.05) is 53.5 Å². The van der Waals surface area contributed by atoms with Gasteiger partial charge in [0.05, 0.1) is 22.8 Å². The largest absolute Gasteiger partial charge is 0.492 e. The number of ether oxygens (including phenoxy) is 2. The maximum atomic E-state index is 14.8. The molecule has 4 aromatic heterocycles. The van der Waals surface area contributed by atoms with E-state index in [0.29, 0.717) is 41.6 Å². The Balaban J connectivity index is 1.07. The second-order valence-corrected chi connectivity index (χ2v) is 12.7. The number of nitrogens with zero attached hydrogens (tertiary/aromatic N) is 6. The Labute approximate surface area is 271 Å². The van der Waals surface area contributed by atoms with Gasteiger partial charge in [0.2, 0.25) is 0 Å². The van der Waals surface area contributed by atoms with E-state index in [0.717, 1.165) is 65.7 Å².